The van der Waals surface area contributed by atoms with Crippen molar-refractivity contribution >= 4 is 21.7 Å². The Kier molecular flexibility index (Phi) is 5.09. The molecule has 0 spiro atoms. The summed E-state index contributed by atoms with van der Waals surface area (Å²) in [5.74, 6) is 1.13. The first-order valence-corrected chi connectivity index (χ1v) is 6.61. The van der Waals surface area contributed by atoms with E-state index in [0.717, 1.165) is 30.7 Å². The monoisotopic (exact) mass is 270 g/mol. The number of hydrogen-bond acceptors (Lipinski definition) is 2. The van der Waals surface area contributed by atoms with Gasteiger partial charge in [0, 0.05) is 24.6 Å². The van der Waals surface area contributed by atoms with Crippen molar-refractivity contribution in [2.45, 2.75) is 32.5 Å². The van der Waals surface area contributed by atoms with Crippen LogP contribution in [0.4, 0.5) is 5.82 Å². The van der Waals surface area contributed by atoms with Crippen LogP contribution in [0.2, 0.25) is 0 Å². The van der Waals surface area contributed by atoms with Crippen LogP contribution < -0.4 is 4.90 Å². The largest absolute Gasteiger partial charge is 0.357 e. The molecule has 0 N–H and O–H groups in total. The molecule has 0 saturated heterocycles. The van der Waals surface area contributed by atoms with E-state index in [-0.39, 0.29) is 0 Å². The summed E-state index contributed by atoms with van der Waals surface area (Å²) in [6, 6.07) is 2.20. The number of aryl methyl sites for hydroxylation is 1. The molecule has 0 fully saturated rings. The fourth-order valence-corrected chi connectivity index (χ4v) is 2.02. The van der Waals surface area contributed by atoms with E-state index in [1.54, 1.807) is 0 Å². The molecule has 0 saturated carbocycles. The Bertz CT molecular complexity index is 312. The summed E-state index contributed by atoms with van der Waals surface area (Å²) in [6.07, 6.45) is 3.12. The van der Waals surface area contributed by atoms with Gasteiger partial charge in [-0.05, 0) is 31.4 Å². The third-order valence-corrected chi connectivity index (χ3v) is 3.08. The van der Waals surface area contributed by atoms with Crippen molar-refractivity contribution in [2.24, 2.45) is 0 Å². The highest BCUT2D eigenvalue weighted by Gasteiger charge is 2.08. The van der Waals surface area contributed by atoms with Crippen LogP contribution in [0.25, 0.3) is 0 Å². The third-order valence-electron chi connectivity index (χ3n) is 2.44. The molecule has 3 heteroatoms. The number of anilines is 1. The Morgan fingerprint density at radius 1 is 1.40 bits per heavy atom. The minimum absolute atomic E-state index is 0.876. The fraction of sp³-hybridized carbons (Fsp3) is 0.583. The van der Waals surface area contributed by atoms with Crippen LogP contribution in [0.5, 0.6) is 0 Å². The highest BCUT2D eigenvalue weighted by Crippen LogP contribution is 2.19. The van der Waals surface area contributed by atoms with Crippen LogP contribution in [0.1, 0.15) is 31.4 Å². The van der Waals surface area contributed by atoms with Crippen molar-refractivity contribution in [3.8, 4) is 0 Å². The van der Waals surface area contributed by atoms with E-state index < -0.39 is 0 Å². The first-order chi connectivity index (χ1) is 7.22. The standard InChI is InChI=1S/C12H19BrN2/c1-4-6-15(5-2)12-10(3)7-11(8-13)9-14-12/h7,9H,4-6,8H2,1-3H3. The van der Waals surface area contributed by atoms with E-state index in [1.165, 1.54) is 11.1 Å². The number of nitrogens with zero attached hydrogens (tertiary/aromatic N) is 2. The lowest BCUT2D eigenvalue weighted by molar-refractivity contribution is 0.774. The lowest BCUT2D eigenvalue weighted by Crippen LogP contribution is -2.25. The number of alkyl halides is 1. The summed E-state index contributed by atoms with van der Waals surface area (Å²) in [7, 11) is 0. The van der Waals surface area contributed by atoms with E-state index in [0.29, 0.717) is 0 Å². The highest BCUT2D eigenvalue weighted by atomic mass is 79.9. The number of hydrogen-bond donors (Lipinski definition) is 0. The molecule has 0 aliphatic rings. The van der Waals surface area contributed by atoms with E-state index in [1.807, 2.05) is 6.20 Å². The molecule has 1 heterocycles. The smallest absolute Gasteiger partial charge is 0.131 e. The number of halogens is 1. The van der Waals surface area contributed by atoms with Gasteiger partial charge in [-0.15, -0.1) is 0 Å². The second-order valence-electron chi connectivity index (χ2n) is 3.70. The molecule has 0 amide bonds. The van der Waals surface area contributed by atoms with Crippen molar-refractivity contribution in [2.75, 3.05) is 18.0 Å². The van der Waals surface area contributed by atoms with Crippen molar-refractivity contribution in [1.29, 1.82) is 0 Å². The van der Waals surface area contributed by atoms with Crippen LogP contribution in [-0.4, -0.2) is 18.1 Å². The van der Waals surface area contributed by atoms with Gasteiger partial charge in [-0.1, -0.05) is 28.9 Å². The Morgan fingerprint density at radius 3 is 2.60 bits per heavy atom. The molecule has 0 aliphatic carbocycles. The molecule has 2 nitrogen and oxygen atoms in total. The number of aromatic nitrogens is 1. The van der Waals surface area contributed by atoms with Gasteiger partial charge in [0.05, 0.1) is 0 Å². The van der Waals surface area contributed by atoms with E-state index in [9.17, 15) is 0 Å². The molecule has 1 rings (SSSR count). The Morgan fingerprint density at radius 2 is 2.13 bits per heavy atom. The minimum Gasteiger partial charge on any atom is -0.357 e. The van der Waals surface area contributed by atoms with Gasteiger partial charge in [-0.2, -0.15) is 0 Å². The van der Waals surface area contributed by atoms with Crippen molar-refractivity contribution < 1.29 is 0 Å². The normalized spacial score (nSPS) is 10.4. The molecule has 1 aromatic heterocycles. The zero-order valence-corrected chi connectivity index (χ0v) is 11.3. The predicted molar refractivity (Wildman–Crippen MR) is 69.8 cm³/mol. The van der Waals surface area contributed by atoms with Gasteiger partial charge in [0.2, 0.25) is 0 Å². The van der Waals surface area contributed by atoms with Gasteiger partial charge in [0.1, 0.15) is 5.82 Å². The molecule has 84 valence electrons. The number of rotatable bonds is 5. The van der Waals surface area contributed by atoms with Gasteiger partial charge in [-0.25, -0.2) is 4.98 Å². The number of pyridine rings is 1. The molecule has 0 aromatic carbocycles. The SMILES string of the molecule is CCCN(CC)c1ncc(CBr)cc1C. The quantitative estimate of drug-likeness (QED) is 0.762. The zero-order valence-electron chi connectivity index (χ0n) is 9.76. The van der Waals surface area contributed by atoms with E-state index in [2.05, 4.69) is 52.7 Å². The summed E-state index contributed by atoms with van der Waals surface area (Å²) in [5, 5.41) is 0.876. The van der Waals surface area contributed by atoms with Crippen LogP contribution in [0.3, 0.4) is 0 Å². The molecule has 15 heavy (non-hydrogen) atoms. The highest BCUT2D eigenvalue weighted by molar-refractivity contribution is 9.08. The topological polar surface area (TPSA) is 16.1 Å². The molecule has 0 bridgehead atoms. The van der Waals surface area contributed by atoms with Crippen LogP contribution >= 0.6 is 15.9 Å². The van der Waals surface area contributed by atoms with Crippen LogP contribution in [-0.2, 0) is 5.33 Å². The van der Waals surface area contributed by atoms with E-state index in [4.69, 9.17) is 0 Å². The average Bonchev–Trinajstić information content (AvgIpc) is 2.26. The van der Waals surface area contributed by atoms with Crippen molar-refractivity contribution in [3.05, 3.63) is 23.4 Å². The second kappa shape index (κ2) is 6.11. The van der Waals surface area contributed by atoms with Gasteiger partial charge in [-0.3, -0.25) is 0 Å². The van der Waals surface area contributed by atoms with Gasteiger partial charge in [0.15, 0.2) is 0 Å². The van der Waals surface area contributed by atoms with Crippen LogP contribution in [0.15, 0.2) is 12.3 Å². The maximum atomic E-state index is 4.53. The lowest BCUT2D eigenvalue weighted by atomic mass is 10.2. The predicted octanol–water partition coefficient (Wildman–Crippen LogP) is 3.52. The minimum atomic E-state index is 0.876. The Labute approximate surface area is 101 Å². The lowest BCUT2D eigenvalue weighted by Gasteiger charge is -2.23. The summed E-state index contributed by atoms with van der Waals surface area (Å²) < 4.78 is 0. The molecule has 0 aliphatic heterocycles. The maximum absolute atomic E-state index is 4.53. The summed E-state index contributed by atoms with van der Waals surface area (Å²) in [5.41, 5.74) is 2.51. The van der Waals surface area contributed by atoms with Gasteiger partial charge in [0.25, 0.3) is 0 Å². The maximum Gasteiger partial charge on any atom is 0.131 e. The van der Waals surface area contributed by atoms with Crippen molar-refractivity contribution in [3.63, 3.8) is 0 Å². The van der Waals surface area contributed by atoms with E-state index >= 15 is 0 Å². The molecular weight excluding hydrogens is 252 g/mol. The Balaban J connectivity index is 2.92. The third kappa shape index (κ3) is 3.20. The summed E-state index contributed by atoms with van der Waals surface area (Å²) >= 11 is 3.45. The molecule has 1 aromatic rings. The second-order valence-corrected chi connectivity index (χ2v) is 4.26. The molecule has 0 radical (unpaired) electrons. The van der Waals surface area contributed by atoms with Gasteiger partial charge < -0.3 is 4.90 Å². The zero-order chi connectivity index (χ0) is 11.3. The average molecular weight is 271 g/mol. The Hall–Kier alpha value is -0.570. The summed E-state index contributed by atoms with van der Waals surface area (Å²) in [4.78, 5) is 6.86. The first-order valence-electron chi connectivity index (χ1n) is 5.49. The molecule has 0 atom stereocenters. The molecule has 0 unspecified atom stereocenters. The molecular formula is C12H19BrN2. The first kappa shape index (κ1) is 12.5. The summed E-state index contributed by atoms with van der Waals surface area (Å²) in [6.45, 7) is 8.61. The van der Waals surface area contributed by atoms with Crippen LogP contribution in [0, 0.1) is 6.92 Å². The van der Waals surface area contributed by atoms with Gasteiger partial charge >= 0.3 is 0 Å². The van der Waals surface area contributed by atoms with Crippen molar-refractivity contribution in [1.82, 2.24) is 4.98 Å². The fourth-order valence-electron chi connectivity index (χ4n) is 1.71.